The SMILES string of the molecule is CNC(c1ccc(F)c(C)c1)c1c(C)ccnc1N. The molecule has 1 atom stereocenters. The van der Waals surface area contributed by atoms with Crippen molar-refractivity contribution in [3.8, 4) is 0 Å². The second-order valence-corrected chi connectivity index (χ2v) is 4.66. The van der Waals surface area contributed by atoms with Gasteiger partial charge in [-0.1, -0.05) is 12.1 Å². The van der Waals surface area contributed by atoms with Gasteiger partial charge in [0.2, 0.25) is 0 Å². The monoisotopic (exact) mass is 259 g/mol. The van der Waals surface area contributed by atoms with Crippen LogP contribution >= 0.6 is 0 Å². The van der Waals surface area contributed by atoms with Crippen LogP contribution in [0.3, 0.4) is 0 Å². The van der Waals surface area contributed by atoms with Crippen LogP contribution in [0.25, 0.3) is 0 Å². The van der Waals surface area contributed by atoms with E-state index < -0.39 is 0 Å². The van der Waals surface area contributed by atoms with Crippen molar-refractivity contribution in [2.45, 2.75) is 19.9 Å². The van der Waals surface area contributed by atoms with Gasteiger partial charge in [0.25, 0.3) is 0 Å². The molecule has 3 N–H and O–H groups in total. The van der Waals surface area contributed by atoms with Gasteiger partial charge >= 0.3 is 0 Å². The van der Waals surface area contributed by atoms with Crippen molar-refractivity contribution in [2.75, 3.05) is 12.8 Å². The topological polar surface area (TPSA) is 50.9 Å². The Morgan fingerprint density at radius 2 is 1.95 bits per heavy atom. The van der Waals surface area contributed by atoms with Crippen molar-refractivity contribution >= 4 is 5.82 Å². The number of nitrogens with zero attached hydrogens (tertiary/aromatic N) is 1. The fourth-order valence-electron chi connectivity index (χ4n) is 2.29. The number of rotatable bonds is 3. The number of hydrogen-bond donors (Lipinski definition) is 2. The molecular weight excluding hydrogens is 241 g/mol. The van der Waals surface area contributed by atoms with Gasteiger partial charge in [-0.15, -0.1) is 0 Å². The number of nitrogen functional groups attached to an aromatic ring is 1. The maximum Gasteiger partial charge on any atom is 0.128 e. The Bertz CT molecular complexity index is 576. The smallest absolute Gasteiger partial charge is 0.128 e. The first-order chi connectivity index (χ1) is 9.04. The first-order valence-electron chi connectivity index (χ1n) is 6.19. The molecule has 1 aromatic carbocycles. The number of nitrogens with two attached hydrogens (primary N) is 1. The molecule has 1 aromatic heterocycles. The lowest BCUT2D eigenvalue weighted by Crippen LogP contribution is -2.21. The molecular formula is C15H18FN3. The number of aromatic nitrogens is 1. The second-order valence-electron chi connectivity index (χ2n) is 4.66. The molecule has 2 aromatic rings. The minimum absolute atomic E-state index is 0.0898. The lowest BCUT2D eigenvalue weighted by Gasteiger charge is -2.21. The van der Waals surface area contributed by atoms with Gasteiger partial charge < -0.3 is 11.1 Å². The van der Waals surface area contributed by atoms with Gasteiger partial charge in [-0.3, -0.25) is 0 Å². The Hall–Kier alpha value is -1.94. The highest BCUT2D eigenvalue weighted by atomic mass is 19.1. The number of hydrogen-bond acceptors (Lipinski definition) is 3. The van der Waals surface area contributed by atoms with Crippen LogP contribution in [-0.2, 0) is 0 Å². The molecule has 0 aliphatic rings. The number of aryl methyl sites for hydroxylation is 2. The molecule has 100 valence electrons. The molecule has 0 amide bonds. The highest BCUT2D eigenvalue weighted by Gasteiger charge is 2.18. The van der Waals surface area contributed by atoms with E-state index in [1.165, 1.54) is 6.07 Å². The van der Waals surface area contributed by atoms with E-state index >= 15 is 0 Å². The van der Waals surface area contributed by atoms with Crippen molar-refractivity contribution in [2.24, 2.45) is 0 Å². The van der Waals surface area contributed by atoms with E-state index in [1.807, 2.05) is 26.1 Å². The van der Waals surface area contributed by atoms with Crippen LogP contribution in [0.2, 0.25) is 0 Å². The first kappa shape index (κ1) is 13.5. The highest BCUT2D eigenvalue weighted by Crippen LogP contribution is 2.29. The molecule has 1 heterocycles. The van der Waals surface area contributed by atoms with Crippen molar-refractivity contribution in [3.63, 3.8) is 0 Å². The largest absolute Gasteiger partial charge is 0.383 e. The number of nitrogens with one attached hydrogen (secondary N) is 1. The van der Waals surface area contributed by atoms with Gasteiger partial charge in [-0.05, 0) is 49.7 Å². The van der Waals surface area contributed by atoms with Crippen molar-refractivity contribution in [3.05, 3.63) is 58.5 Å². The third kappa shape index (κ3) is 2.58. The van der Waals surface area contributed by atoms with E-state index in [-0.39, 0.29) is 11.9 Å². The summed E-state index contributed by atoms with van der Waals surface area (Å²) in [5, 5.41) is 3.22. The maximum absolute atomic E-state index is 13.4. The summed E-state index contributed by atoms with van der Waals surface area (Å²) in [4.78, 5) is 4.14. The van der Waals surface area contributed by atoms with E-state index in [0.29, 0.717) is 11.4 Å². The van der Waals surface area contributed by atoms with E-state index in [4.69, 9.17) is 5.73 Å². The fourth-order valence-corrected chi connectivity index (χ4v) is 2.29. The molecule has 0 fully saturated rings. The van der Waals surface area contributed by atoms with Crippen LogP contribution in [0.1, 0.15) is 28.3 Å². The molecule has 1 unspecified atom stereocenters. The number of anilines is 1. The Kier molecular flexibility index (Phi) is 3.81. The summed E-state index contributed by atoms with van der Waals surface area (Å²) in [6, 6.07) is 6.93. The fraction of sp³-hybridized carbons (Fsp3) is 0.267. The molecule has 0 aliphatic heterocycles. The standard InChI is InChI=1S/C15H18FN3/c1-9-6-7-19-15(17)13(9)14(18-3)11-4-5-12(16)10(2)8-11/h4-8,14,18H,1-3H3,(H2,17,19). The zero-order valence-electron chi connectivity index (χ0n) is 11.4. The van der Waals surface area contributed by atoms with Crippen LogP contribution in [0, 0.1) is 19.7 Å². The van der Waals surface area contributed by atoms with Crippen LogP contribution < -0.4 is 11.1 Å². The Morgan fingerprint density at radius 1 is 1.21 bits per heavy atom. The van der Waals surface area contributed by atoms with Crippen LogP contribution in [0.15, 0.2) is 30.5 Å². The summed E-state index contributed by atoms with van der Waals surface area (Å²) in [6.07, 6.45) is 1.69. The van der Waals surface area contributed by atoms with Gasteiger partial charge in [-0.25, -0.2) is 9.37 Å². The van der Waals surface area contributed by atoms with E-state index in [0.717, 1.165) is 16.7 Å². The summed E-state index contributed by atoms with van der Waals surface area (Å²) >= 11 is 0. The minimum Gasteiger partial charge on any atom is -0.383 e. The maximum atomic E-state index is 13.4. The zero-order valence-corrected chi connectivity index (χ0v) is 11.4. The molecule has 0 bridgehead atoms. The summed E-state index contributed by atoms with van der Waals surface area (Å²) < 4.78 is 13.4. The van der Waals surface area contributed by atoms with Gasteiger partial charge in [0.1, 0.15) is 11.6 Å². The van der Waals surface area contributed by atoms with Gasteiger partial charge in [0, 0.05) is 11.8 Å². The Labute approximate surface area is 112 Å². The lowest BCUT2D eigenvalue weighted by molar-refractivity contribution is 0.613. The van der Waals surface area contributed by atoms with Crippen molar-refractivity contribution in [1.29, 1.82) is 0 Å². The molecule has 3 nitrogen and oxygen atoms in total. The molecule has 4 heteroatoms. The molecule has 0 radical (unpaired) electrons. The predicted molar refractivity (Wildman–Crippen MR) is 75.4 cm³/mol. The van der Waals surface area contributed by atoms with Gasteiger partial charge in [-0.2, -0.15) is 0 Å². The average Bonchev–Trinajstić information content (AvgIpc) is 2.37. The summed E-state index contributed by atoms with van der Waals surface area (Å²) in [5.74, 6) is 0.302. The average molecular weight is 259 g/mol. The van der Waals surface area contributed by atoms with Gasteiger partial charge in [0.15, 0.2) is 0 Å². The molecule has 0 saturated heterocycles. The van der Waals surface area contributed by atoms with E-state index in [1.54, 1.807) is 19.2 Å². The molecule has 0 saturated carbocycles. The van der Waals surface area contributed by atoms with Crippen LogP contribution in [0.5, 0.6) is 0 Å². The predicted octanol–water partition coefficient (Wildman–Crippen LogP) is 2.73. The lowest BCUT2D eigenvalue weighted by atomic mass is 9.94. The third-order valence-electron chi connectivity index (χ3n) is 3.33. The first-order valence-corrected chi connectivity index (χ1v) is 6.19. The third-order valence-corrected chi connectivity index (χ3v) is 3.33. The van der Waals surface area contributed by atoms with Gasteiger partial charge in [0.05, 0.1) is 6.04 Å². The number of halogens is 1. The summed E-state index contributed by atoms with van der Waals surface area (Å²) in [6.45, 7) is 3.75. The quantitative estimate of drug-likeness (QED) is 0.891. The van der Waals surface area contributed by atoms with Crippen LogP contribution in [-0.4, -0.2) is 12.0 Å². The summed E-state index contributed by atoms with van der Waals surface area (Å²) in [5.41, 5.74) is 9.58. The number of pyridine rings is 1. The highest BCUT2D eigenvalue weighted by molar-refractivity contribution is 5.50. The molecule has 0 aliphatic carbocycles. The van der Waals surface area contributed by atoms with E-state index in [2.05, 4.69) is 10.3 Å². The zero-order chi connectivity index (χ0) is 14.0. The minimum atomic E-state index is -0.200. The normalized spacial score (nSPS) is 12.4. The second kappa shape index (κ2) is 5.36. The summed E-state index contributed by atoms with van der Waals surface area (Å²) in [7, 11) is 1.86. The van der Waals surface area contributed by atoms with Crippen molar-refractivity contribution in [1.82, 2.24) is 10.3 Å². The number of benzene rings is 1. The van der Waals surface area contributed by atoms with E-state index in [9.17, 15) is 4.39 Å². The molecule has 19 heavy (non-hydrogen) atoms. The molecule has 0 spiro atoms. The van der Waals surface area contributed by atoms with Crippen LogP contribution in [0.4, 0.5) is 10.2 Å². The Morgan fingerprint density at radius 3 is 2.53 bits per heavy atom. The molecule has 2 rings (SSSR count). The van der Waals surface area contributed by atoms with Crippen molar-refractivity contribution < 1.29 is 4.39 Å². The Balaban J connectivity index is 2.53.